The van der Waals surface area contributed by atoms with E-state index in [4.69, 9.17) is 11.6 Å². The molecule has 2 aromatic rings. The van der Waals surface area contributed by atoms with Crippen LogP contribution in [0.15, 0.2) is 24.3 Å². The molecular formula is C11H10ClN3O2. The van der Waals surface area contributed by atoms with Crippen molar-refractivity contribution in [3.8, 4) is 11.1 Å². The molecule has 0 saturated heterocycles. The number of aryl methyl sites for hydroxylation is 2. The summed E-state index contributed by atoms with van der Waals surface area (Å²) in [4.78, 5) is 10.1. The van der Waals surface area contributed by atoms with Gasteiger partial charge in [-0.3, -0.25) is 14.8 Å². The standard InChI is InChI=1S/C11H10ClN3O2/c1-7-10(11(12)14(2)13-7)8-3-5-9(6-4-8)15(16)17/h3-6H,1-2H3. The lowest BCUT2D eigenvalue weighted by Gasteiger charge is -2.00. The Morgan fingerprint density at radius 2 is 1.94 bits per heavy atom. The molecule has 88 valence electrons. The summed E-state index contributed by atoms with van der Waals surface area (Å²) in [6.07, 6.45) is 0. The van der Waals surface area contributed by atoms with Crippen molar-refractivity contribution in [3.05, 3.63) is 45.2 Å². The fraction of sp³-hybridized carbons (Fsp3) is 0.182. The minimum atomic E-state index is -0.429. The minimum Gasteiger partial charge on any atom is -0.258 e. The first-order valence-corrected chi connectivity index (χ1v) is 5.32. The third-order valence-corrected chi connectivity index (χ3v) is 2.95. The number of hydrogen-bond donors (Lipinski definition) is 0. The fourth-order valence-corrected chi connectivity index (χ4v) is 1.99. The Balaban J connectivity index is 2.50. The van der Waals surface area contributed by atoms with Gasteiger partial charge < -0.3 is 0 Å². The van der Waals surface area contributed by atoms with Crippen molar-refractivity contribution in [1.82, 2.24) is 9.78 Å². The maximum absolute atomic E-state index is 10.5. The number of nitrogens with zero attached hydrogens (tertiary/aromatic N) is 3. The van der Waals surface area contributed by atoms with Crippen molar-refractivity contribution >= 4 is 17.3 Å². The van der Waals surface area contributed by atoms with Crippen LogP contribution >= 0.6 is 11.6 Å². The van der Waals surface area contributed by atoms with Crippen LogP contribution in [0, 0.1) is 17.0 Å². The smallest absolute Gasteiger partial charge is 0.258 e. The summed E-state index contributed by atoms with van der Waals surface area (Å²) >= 11 is 6.12. The van der Waals surface area contributed by atoms with Crippen molar-refractivity contribution in [3.63, 3.8) is 0 Å². The van der Waals surface area contributed by atoms with Crippen LogP contribution in [-0.2, 0) is 7.05 Å². The first-order chi connectivity index (χ1) is 8.00. The number of nitro groups is 1. The van der Waals surface area contributed by atoms with Gasteiger partial charge in [0, 0.05) is 24.7 Å². The van der Waals surface area contributed by atoms with Crippen molar-refractivity contribution in [2.75, 3.05) is 0 Å². The van der Waals surface area contributed by atoms with Gasteiger partial charge in [0.05, 0.1) is 10.6 Å². The summed E-state index contributed by atoms with van der Waals surface area (Å²) in [7, 11) is 1.75. The summed E-state index contributed by atoms with van der Waals surface area (Å²) in [5.74, 6) is 0. The quantitative estimate of drug-likeness (QED) is 0.609. The number of aromatic nitrogens is 2. The van der Waals surface area contributed by atoms with E-state index >= 15 is 0 Å². The predicted octanol–water partition coefficient (Wildman–Crippen LogP) is 2.96. The van der Waals surface area contributed by atoms with E-state index in [1.54, 1.807) is 23.9 Å². The Labute approximate surface area is 103 Å². The Kier molecular flexibility index (Phi) is 2.85. The van der Waals surface area contributed by atoms with Crippen molar-refractivity contribution in [1.29, 1.82) is 0 Å². The van der Waals surface area contributed by atoms with E-state index < -0.39 is 4.92 Å². The molecule has 0 aliphatic heterocycles. The zero-order valence-corrected chi connectivity index (χ0v) is 10.1. The predicted molar refractivity (Wildman–Crippen MR) is 65.0 cm³/mol. The van der Waals surface area contributed by atoms with Gasteiger partial charge >= 0.3 is 0 Å². The van der Waals surface area contributed by atoms with Gasteiger partial charge in [0.25, 0.3) is 5.69 Å². The molecule has 0 radical (unpaired) electrons. The van der Waals surface area contributed by atoms with Crippen molar-refractivity contribution in [2.45, 2.75) is 6.92 Å². The van der Waals surface area contributed by atoms with E-state index in [0.29, 0.717) is 5.15 Å². The van der Waals surface area contributed by atoms with Crippen LogP contribution in [0.25, 0.3) is 11.1 Å². The highest BCUT2D eigenvalue weighted by molar-refractivity contribution is 6.32. The van der Waals surface area contributed by atoms with Crippen molar-refractivity contribution < 1.29 is 4.92 Å². The van der Waals surface area contributed by atoms with Crippen LogP contribution in [0.3, 0.4) is 0 Å². The largest absolute Gasteiger partial charge is 0.269 e. The summed E-state index contributed by atoms with van der Waals surface area (Å²) in [6, 6.07) is 6.26. The zero-order valence-electron chi connectivity index (χ0n) is 9.35. The van der Waals surface area contributed by atoms with Crippen LogP contribution in [0.4, 0.5) is 5.69 Å². The van der Waals surface area contributed by atoms with E-state index in [0.717, 1.165) is 16.8 Å². The summed E-state index contributed by atoms with van der Waals surface area (Å²) < 4.78 is 1.58. The Morgan fingerprint density at radius 1 is 1.35 bits per heavy atom. The molecule has 0 atom stereocenters. The first kappa shape index (κ1) is 11.6. The molecule has 0 fully saturated rings. The van der Waals surface area contributed by atoms with Gasteiger partial charge in [-0.2, -0.15) is 5.10 Å². The average Bonchev–Trinajstić information content (AvgIpc) is 2.53. The second-order valence-electron chi connectivity index (χ2n) is 3.68. The minimum absolute atomic E-state index is 0.0615. The van der Waals surface area contributed by atoms with Gasteiger partial charge in [-0.1, -0.05) is 11.6 Å². The molecule has 1 aromatic carbocycles. The molecule has 0 aliphatic rings. The van der Waals surface area contributed by atoms with Gasteiger partial charge in [-0.05, 0) is 24.6 Å². The SMILES string of the molecule is Cc1nn(C)c(Cl)c1-c1ccc([N+](=O)[O-])cc1. The van der Waals surface area contributed by atoms with Gasteiger partial charge in [-0.25, -0.2) is 0 Å². The molecule has 0 amide bonds. The number of benzene rings is 1. The van der Waals surface area contributed by atoms with Crippen LogP contribution in [-0.4, -0.2) is 14.7 Å². The van der Waals surface area contributed by atoms with E-state index in [2.05, 4.69) is 5.10 Å². The summed E-state index contributed by atoms with van der Waals surface area (Å²) in [6.45, 7) is 1.85. The monoisotopic (exact) mass is 251 g/mol. The topological polar surface area (TPSA) is 61.0 Å². The Hall–Kier alpha value is -1.88. The first-order valence-electron chi connectivity index (χ1n) is 4.94. The normalized spacial score (nSPS) is 10.5. The van der Waals surface area contributed by atoms with E-state index in [9.17, 15) is 10.1 Å². The number of nitro benzene ring substituents is 1. The van der Waals surface area contributed by atoms with Gasteiger partial charge in [0.15, 0.2) is 0 Å². The highest BCUT2D eigenvalue weighted by Crippen LogP contribution is 2.31. The number of halogens is 1. The fourth-order valence-electron chi connectivity index (χ4n) is 1.71. The molecule has 5 nitrogen and oxygen atoms in total. The van der Waals surface area contributed by atoms with Gasteiger partial charge in [-0.15, -0.1) is 0 Å². The molecule has 0 bridgehead atoms. The molecule has 0 spiro atoms. The van der Waals surface area contributed by atoms with E-state index in [1.165, 1.54) is 12.1 Å². The molecule has 0 aliphatic carbocycles. The van der Waals surface area contributed by atoms with Crippen LogP contribution < -0.4 is 0 Å². The van der Waals surface area contributed by atoms with Gasteiger partial charge in [0.2, 0.25) is 0 Å². The molecule has 0 saturated carbocycles. The van der Waals surface area contributed by atoms with Crippen molar-refractivity contribution in [2.24, 2.45) is 7.05 Å². The third kappa shape index (κ3) is 2.01. The van der Waals surface area contributed by atoms with Crippen LogP contribution in [0.2, 0.25) is 5.15 Å². The molecule has 1 aromatic heterocycles. The van der Waals surface area contributed by atoms with Crippen LogP contribution in [0.1, 0.15) is 5.69 Å². The number of non-ortho nitro benzene ring substituents is 1. The summed E-state index contributed by atoms with van der Waals surface area (Å²) in [5, 5.41) is 15.3. The highest BCUT2D eigenvalue weighted by atomic mass is 35.5. The van der Waals surface area contributed by atoms with Gasteiger partial charge in [0.1, 0.15) is 5.15 Å². The number of rotatable bonds is 2. The molecule has 17 heavy (non-hydrogen) atoms. The summed E-state index contributed by atoms with van der Waals surface area (Å²) in [5.41, 5.74) is 2.49. The second kappa shape index (κ2) is 4.18. The molecule has 2 rings (SSSR count). The maximum Gasteiger partial charge on any atom is 0.269 e. The lowest BCUT2D eigenvalue weighted by molar-refractivity contribution is -0.384. The lowest BCUT2D eigenvalue weighted by atomic mass is 10.1. The molecule has 0 unspecified atom stereocenters. The lowest BCUT2D eigenvalue weighted by Crippen LogP contribution is -1.89. The molecule has 1 heterocycles. The van der Waals surface area contributed by atoms with Crippen LogP contribution in [0.5, 0.6) is 0 Å². The molecule has 6 heteroatoms. The highest BCUT2D eigenvalue weighted by Gasteiger charge is 2.14. The maximum atomic E-state index is 10.5. The third-order valence-electron chi connectivity index (χ3n) is 2.52. The van der Waals surface area contributed by atoms with E-state index in [-0.39, 0.29) is 5.69 Å². The van der Waals surface area contributed by atoms with E-state index in [1.807, 2.05) is 6.92 Å². The Morgan fingerprint density at radius 3 is 2.35 bits per heavy atom. The second-order valence-corrected chi connectivity index (χ2v) is 4.04. The average molecular weight is 252 g/mol. The molecule has 0 N–H and O–H groups in total. The molecular weight excluding hydrogens is 242 g/mol. The number of hydrogen-bond acceptors (Lipinski definition) is 3. The zero-order chi connectivity index (χ0) is 12.6. The Bertz CT molecular complexity index is 575.